The molecule has 0 atom stereocenters. The van der Waals surface area contributed by atoms with E-state index in [1.54, 1.807) is 34.0 Å². The Labute approximate surface area is 243 Å². The number of benzene rings is 2. The highest BCUT2D eigenvalue weighted by molar-refractivity contribution is 6.07. The van der Waals surface area contributed by atoms with E-state index in [2.05, 4.69) is 19.9 Å². The maximum Gasteiger partial charge on any atom is 0.152 e. The second-order valence-electron chi connectivity index (χ2n) is 11.7. The second-order valence-corrected chi connectivity index (χ2v) is 11.7. The molecule has 4 aromatic heterocycles. The first-order valence-electron chi connectivity index (χ1n) is 13.9. The molecule has 42 heavy (non-hydrogen) atoms. The van der Waals surface area contributed by atoms with Crippen LogP contribution in [-0.4, -0.2) is 57.1 Å². The lowest BCUT2D eigenvalue weighted by molar-refractivity contribution is 0.0582. The molecule has 0 aliphatic carbocycles. The zero-order valence-electron chi connectivity index (χ0n) is 24.7. The van der Waals surface area contributed by atoms with Crippen LogP contribution in [0.2, 0.25) is 0 Å². The number of ether oxygens (including phenoxy) is 1. The monoisotopic (exact) mass is 570 g/mol. The van der Waals surface area contributed by atoms with Crippen LogP contribution in [0, 0.1) is 0 Å². The number of aliphatic hydroxyl groups is 2. The van der Waals surface area contributed by atoms with Gasteiger partial charge in [-0.3, -0.25) is 0 Å². The lowest BCUT2D eigenvalue weighted by Gasteiger charge is -2.20. The van der Waals surface area contributed by atoms with Crippen molar-refractivity contribution in [1.82, 2.24) is 29.1 Å². The highest BCUT2D eigenvalue weighted by Gasteiger charge is 2.22. The Morgan fingerprint density at radius 2 is 1.31 bits per heavy atom. The minimum absolute atomic E-state index is 0.370. The van der Waals surface area contributed by atoms with Gasteiger partial charge in [0.15, 0.2) is 11.6 Å². The maximum atomic E-state index is 10.3. The van der Waals surface area contributed by atoms with Gasteiger partial charge in [0.1, 0.15) is 23.5 Å². The van der Waals surface area contributed by atoms with Gasteiger partial charge in [0, 0.05) is 17.4 Å². The standard InChI is InChI=1S/C17H22N4O2.C14H16N4O/c1-4-23-9-13-20-14-15(21(13)10-17(2,3)22)11-7-5-6-8-12(11)19-16(14)18;1-14(2,19)7-18-8-16-11-12(18)9-5-3-4-6-10(9)17-13(11)15/h5-8,22H,4,9-10H2,1-3H3,(H2,18,19);3-6,8,19H,7H2,1-2H3,(H2,15,17). The summed E-state index contributed by atoms with van der Waals surface area (Å²) in [6.07, 6.45) is 1.70. The fraction of sp³-hybridized carbons (Fsp3) is 0.355. The fourth-order valence-corrected chi connectivity index (χ4v) is 5.11. The van der Waals surface area contributed by atoms with E-state index in [4.69, 9.17) is 16.2 Å². The zero-order valence-corrected chi connectivity index (χ0v) is 24.7. The summed E-state index contributed by atoms with van der Waals surface area (Å²) in [5.41, 5.74) is 15.2. The van der Waals surface area contributed by atoms with Crippen LogP contribution in [-0.2, 0) is 24.4 Å². The largest absolute Gasteiger partial charge is 0.389 e. The SMILES string of the molecule is CC(C)(O)Cn1cnc2c(N)nc3ccccc3c21.CCOCc1nc2c(N)nc3ccccc3c2n1CC(C)(C)O. The number of hydrogen-bond acceptors (Lipinski definition) is 9. The molecule has 0 saturated heterocycles. The lowest BCUT2D eigenvalue weighted by atomic mass is 10.1. The molecule has 0 spiro atoms. The first-order chi connectivity index (χ1) is 19.9. The molecule has 0 unspecified atom stereocenters. The van der Waals surface area contributed by atoms with E-state index in [0.29, 0.717) is 49.0 Å². The number of para-hydroxylation sites is 2. The van der Waals surface area contributed by atoms with E-state index < -0.39 is 11.2 Å². The highest BCUT2D eigenvalue weighted by Crippen LogP contribution is 2.30. The van der Waals surface area contributed by atoms with Gasteiger partial charge in [0.05, 0.1) is 52.7 Å². The van der Waals surface area contributed by atoms with Gasteiger partial charge in [-0.2, -0.15) is 0 Å². The Bertz CT molecular complexity index is 1880. The number of nitrogen functional groups attached to an aromatic ring is 2. The van der Waals surface area contributed by atoms with E-state index >= 15 is 0 Å². The van der Waals surface area contributed by atoms with Crippen LogP contribution >= 0.6 is 0 Å². The molecule has 6 aromatic rings. The molecule has 11 heteroatoms. The number of fused-ring (bicyclic) bond motifs is 6. The Kier molecular flexibility index (Phi) is 7.76. The molecule has 6 rings (SSSR count). The molecule has 0 bridgehead atoms. The van der Waals surface area contributed by atoms with Crippen molar-refractivity contribution in [1.29, 1.82) is 0 Å². The minimum Gasteiger partial charge on any atom is -0.389 e. The first kappa shape index (κ1) is 29.2. The number of rotatable bonds is 7. The van der Waals surface area contributed by atoms with Gasteiger partial charge in [-0.05, 0) is 46.8 Å². The first-order valence-corrected chi connectivity index (χ1v) is 13.9. The van der Waals surface area contributed by atoms with E-state index in [1.807, 2.05) is 64.6 Å². The number of nitrogens with two attached hydrogens (primary N) is 2. The van der Waals surface area contributed by atoms with Crippen LogP contribution < -0.4 is 11.5 Å². The predicted octanol–water partition coefficient (Wildman–Crippen LogP) is 4.41. The number of hydrogen-bond donors (Lipinski definition) is 4. The van der Waals surface area contributed by atoms with Crippen LogP contribution in [0.4, 0.5) is 11.6 Å². The summed E-state index contributed by atoms with van der Waals surface area (Å²) in [7, 11) is 0. The molecule has 2 aromatic carbocycles. The van der Waals surface area contributed by atoms with Crippen LogP contribution in [0.15, 0.2) is 54.9 Å². The molecule has 0 saturated carbocycles. The average molecular weight is 571 g/mol. The summed E-state index contributed by atoms with van der Waals surface area (Å²) < 4.78 is 9.45. The van der Waals surface area contributed by atoms with Crippen LogP contribution in [0.25, 0.3) is 43.9 Å². The number of nitrogens with zero attached hydrogens (tertiary/aromatic N) is 6. The predicted molar refractivity (Wildman–Crippen MR) is 167 cm³/mol. The summed E-state index contributed by atoms with van der Waals surface area (Å²) >= 11 is 0. The van der Waals surface area contributed by atoms with Gasteiger partial charge in [-0.25, -0.2) is 19.9 Å². The fourth-order valence-electron chi connectivity index (χ4n) is 5.11. The van der Waals surface area contributed by atoms with E-state index in [9.17, 15) is 10.2 Å². The van der Waals surface area contributed by atoms with Crippen molar-refractivity contribution in [2.75, 3.05) is 18.1 Å². The van der Waals surface area contributed by atoms with Crippen molar-refractivity contribution in [2.24, 2.45) is 0 Å². The molecule has 6 N–H and O–H groups in total. The smallest absolute Gasteiger partial charge is 0.152 e. The highest BCUT2D eigenvalue weighted by atomic mass is 16.5. The normalized spacial score (nSPS) is 12.4. The van der Waals surface area contributed by atoms with Gasteiger partial charge in [0.25, 0.3) is 0 Å². The second kappa shape index (κ2) is 11.2. The number of pyridine rings is 2. The van der Waals surface area contributed by atoms with E-state index in [1.165, 1.54) is 0 Å². The van der Waals surface area contributed by atoms with Crippen molar-refractivity contribution >= 4 is 55.5 Å². The Morgan fingerprint density at radius 1 is 0.762 bits per heavy atom. The molecule has 0 fully saturated rings. The summed E-state index contributed by atoms with van der Waals surface area (Å²) in [5, 5.41) is 22.3. The Morgan fingerprint density at radius 3 is 1.88 bits per heavy atom. The van der Waals surface area contributed by atoms with Gasteiger partial charge in [0.2, 0.25) is 0 Å². The summed E-state index contributed by atoms with van der Waals surface area (Å²) in [5.74, 6) is 1.56. The van der Waals surface area contributed by atoms with Gasteiger partial charge in [-0.15, -0.1) is 0 Å². The van der Waals surface area contributed by atoms with E-state index in [-0.39, 0.29) is 0 Å². The third kappa shape index (κ3) is 5.98. The molecule has 11 nitrogen and oxygen atoms in total. The molecule has 0 amide bonds. The van der Waals surface area contributed by atoms with Crippen molar-refractivity contribution in [3.63, 3.8) is 0 Å². The number of anilines is 2. The molecule has 220 valence electrons. The third-order valence-corrected chi connectivity index (χ3v) is 6.71. The van der Waals surface area contributed by atoms with E-state index in [0.717, 1.165) is 38.7 Å². The van der Waals surface area contributed by atoms with Crippen molar-refractivity contribution in [3.8, 4) is 0 Å². The van der Waals surface area contributed by atoms with Crippen molar-refractivity contribution in [3.05, 3.63) is 60.7 Å². The molecule has 0 aliphatic heterocycles. The van der Waals surface area contributed by atoms with Gasteiger partial charge in [-0.1, -0.05) is 36.4 Å². The summed E-state index contributed by atoms with van der Waals surface area (Å²) in [6.45, 7) is 10.9. The molecule has 0 aliphatic rings. The molecule has 4 heterocycles. The summed E-state index contributed by atoms with van der Waals surface area (Å²) in [6, 6.07) is 15.6. The van der Waals surface area contributed by atoms with Crippen LogP contribution in [0.1, 0.15) is 40.4 Å². The molecule has 0 radical (unpaired) electrons. The molecular formula is C31H38N8O3. The van der Waals surface area contributed by atoms with Gasteiger partial charge < -0.3 is 35.6 Å². The van der Waals surface area contributed by atoms with Gasteiger partial charge >= 0.3 is 0 Å². The van der Waals surface area contributed by atoms with Crippen LogP contribution in [0.3, 0.4) is 0 Å². The Hall–Kier alpha value is -4.32. The quantitative estimate of drug-likeness (QED) is 0.218. The Balaban J connectivity index is 0.000000171. The van der Waals surface area contributed by atoms with Crippen molar-refractivity contribution < 1.29 is 14.9 Å². The third-order valence-electron chi connectivity index (χ3n) is 6.71. The number of aromatic nitrogens is 6. The lowest BCUT2D eigenvalue weighted by Crippen LogP contribution is -2.27. The zero-order chi connectivity index (χ0) is 30.2. The van der Waals surface area contributed by atoms with Crippen molar-refractivity contribution in [2.45, 2.75) is 65.5 Å². The minimum atomic E-state index is -0.881. The number of imidazole rings is 2. The summed E-state index contributed by atoms with van der Waals surface area (Å²) in [4.78, 5) is 17.7. The average Bonchev–Trinajstić information content (AvgIpc) is 3.49. The molecular weight excluding hydrogens is 532 g/mol. The topological polar surface area (TPSA) is 163 Å². The maximum absolute atomic E-state index is 10.3. The van der Waals surface area contributed by atoms with Crippen LogP contribution in [0.5, 0.6) is 0 Å².